The number of nitrogens with zero attached hydrogens (tertiary/aromatic N) is 4. The maximum Gasteiger partial charge on any atom is 0.271 e. The molecule has 4 rings (SSSR count). The van der Waals surface area contributed by atoms with Crippen molar-refractivity contribution in [2.24, 2.45) is 0 Å². The van der Waals surface area contributed by atoms with Gasteiger partial charge in [0.05, 0.1) is 6.04 Å². The molecule has 0 spiro atoms. The number of nitrogens with one attached hydrogen (secondary N) is 2. The zero-order chi connectivity index (χ0) is 17.9. The van der Waals surface area contributed by atoms with E-state index in [9.17, 15) is 4.79 Å². The Bertz CT molecular complexity index is 1050. The van der Waals surface area contributed by atoms with Gasteiger partial charge in [0.2, 0.25) is 0 Å². The fourth-order valence-electron chi connectivity index (χ4n) is 2.73. The Balaban J connectivity index is 1.55. The van der Waals surface area contributed by atoms with Gasteiger partial charge in [-0.2, -0.15) is 5.10 Å². The molecule has 4 aromatic rings. The molecule has 0 unspecified atom stereocenters. The standard InChI is InChI=1S/C19H16N6O/c1-12(17-23-18(25-24-17)14-6-9-20-10-7-14)22-19(26)16-15-5-3-2-4-13(15)8-11-21-16/h2-12H,1H3,(H,22,26)(H,23,24,25)/t12-/m0/s1. The van der Waals surface area contributed by atoms with Crippen LogP contribution in [0.25, 0.3) is 22.2 Å². The topological polar surface area (TPSA) is 96.5 Å². The molecule has 1 amide bonds. The predicted molar refractivity (Wildman–Crippen MR) is 97.2 cm³/mol. The van der Waals surface area contributed by atoms with Crippen LogP contribution in [0.2, 0.25) is 0 Å². The first-order chi connectivity index (χ1) is 12.7. The molecule has 0 saturated heterocycles. The molecule has 0 aliphatic rings. The quantitative estimate of drug-likeness (QED) is 0.593. The number of hydrogen-bond acceptors (Lipinski definition) is 5. The van der Waals surface area contributed by atoms with Gasteiger partial charge in [0.1, 0.15) is 11.5 Å². The molecular weight excluding hydrogens is 328 g/mol. The van der Waals surface area contributed by atoms with Crippen LogP contribution in [0.3, 0.4) is 0 Å². The average Bonchev–Trinajstić information content (AvgIpc) is 3.18. The largest absolute Gasteiger partial charge is 0.341 e. The van der Waals surface area contributed by atoms with Crippen LogP contribution >= 0.6 is 0 Å². The number of pyridine rings is 2. The Morgan fingerprint density at radius 2 is 1.88 bits per heavy atom. The molecule has 0 radical (unpaired) electrons. The highest BCUT2D eigenvalue weighted by molar-refractivity contribution is 6.05. The second-order valence-electron chi connectivity index (χ2n) is 5.86. The van der Waals surface area contributed by atoms with Crippen LogP contribution in [0.5, 0.6) is 0 Å². The highest BCUT2D eigenvalue weighted by Gasteiger charge is 2.18. The van der Waals surface area contributed by atoms with E-state index in [4.69, 9.17) is 0 Å². The number of H-pyrrole nitrogens is 1. The molecule has 2 N–H and O–H groups in total. The van der Waals surface area contributed by atoms with Crippen LogP contribution in [0, 0.1) is 0 Å². The minimum absolute atomic E-state index is 0.254. The summed E-state index contributed by atoms with van der Waals surface area (Å²) in [5.41, 5.74) is 1.25. The minimum Gasteiger partial charge on any atom is -0.341 e. The van der Waals surface area contributed by atoms with E-state index in [1.54, 1.807) is 18.6 Å². The number of aromatic nitrogens is 5. The maximum atomic E-state index is 12.7. The van der Waals surface area contributed by atoms with E-state index in [1.807, 2.05) is 49.4 Å². The SMILES string of the molecule is C[C@H](NC(=O)c1nccc2ccccc12)c1nc(-c2ccncc2)n[nH]1. The number of carbonyl (C=O) groups is 1. The van der Waals surface area contributed by atoms with E-state index in [-0.39, 0.29) is 11.9 Å². The van der Waals surface area contributed by atoms with Gasteiger partial charge in [0.25, 0.3) is 5.91 Å². The van der Waals surface area contributed by atoms with Gasteiger partial charge in [-0.1, -0.05) is 24.3 Å². The monoisotopic (exact) mass is 344 g/mol. The number of hydrogen-bond donors (Lipinski definition) is 2. The fraction of sp³-hybridized carbons (Fsp3) is 0.105. The number of benzene rings is 1. The summed E-state index contributed by atoms with van der Waals surface area (Å²) in [5, 5.41) is 11.8. The van der Waals surface area contributed by atoms with Crippen molar-refractivity contribution < 1.29 is 4.79 Å². The van der Waals surface area contributed by atoms with E-state index < -0.39 is 0 Å². The summed E-state index contributed by atoms with van der Waals surface area (Å²) < 4.78 is 0. The summed E-state index contributed by atoms with van der Waals surface area (Å²) in [7, 11) is 0. The zero-order valence-corrected chi connectivity index (χ0v) is 14.0. The summed E-state index contributed by atoms with van der Waals surface area (Å²) in [6.45, 7) is 1.85. The van der Waals surface area contributed by atoms with Crippen molar-refractivity contribution in [1.82, 2.24) is 30.5 Å². The van der Waals surface area contributed by atoms with Gasteiger partial charge < -0.3 is 5.32 Å². The van der Waals surface area contributed by atoms with Gasteiger partial charge in [0, 0.05) is 29.5 Å². The minimum atomic E-state index is -0.341. The van der Waals surface area contributed by atoms with Crippen molar-refractivity contribution in [3.63, 3.8) is 0 Å². The van der Waals surface area contributed by atoms with Crippen LogP contribution in [-0.2, 0) is 0 Å². The molecule has 0 fully saturated rings. The lowest BCUT2D eigenvalue weighted by molar-refractivity contribution is 0.0935. The van der Waals surface area contributed by atoms with E-state index in [1.165, 1.54) is 0 Å². The van der Waals surface area contributed by atoms with Crippen LogP contribution in [0.15, 0.2) is 61.1 Å². The fourth-order valence-corrected chi connectivity index (χ4v) is 2.73. The molecule has 0 saturated carbocycles. The van der Waals surface area contributed by atoms with Crippen molar-refractivity contribution >= 4 is 16.7 Å². The molecule has 7 nitrogen and oxygen atoms in total. The predicted octanol–water partition coefficient (Wildman–Crippen LogP) is 2.91. The van der Waals surface area contributed by atoms with Gasteiger partial charge in [-0.3, -0.25) is 19.9 Å². The first-order valence-corrected chi connectivity index (χ1v) is 8.19. The lowest BCUT2D eigenvalue weighted by Crippen LogP contribution is -2.28. The Hall–Kier alpha value is -3.61. The summed E-state index contributed by atoms with van der Waals surface area (Å²) in [6, 6.07) is 12.9. The van der Waals surface area contributed by atoms with E-state index in [0.29, 0.717) is 17.3 Å². The number of rotatable bonds is 4. The molecule has 0 aliphatic carbocycles. The number of amides is 1. The normalized spacial score (nSPS) is 12.0. The third-order valence-electron chi connectivity index (χ3n) is 4.09. The Morgan fingerprint density at radius 1 is 1.08 bits per heavy atom. The van der Waals surface area contributed by atoms with Crippen LogP contribution in [0.4, 0.5) is 0 Å². The summed E-state index contributed by atoms with van der Waals surface area (Å²) >= 11 is 0. The number of carbonyl (C=O) groups excluding carboxylic acids is 1. The third-order valence-corrected chi connectivity index (χ3v) is 4.09. The maximum absolute atomic E-state index is 12.7. The first kappa shape index (κ1) is 15.9. The van der Waals surface area contributed by atoms with Gasteiger partial charge in [-0.15, -0.1) is 0 Å². The molecular formula is C19H16N6O. The van der Waals surface area contributed by atoms with Crippen molar-refractivity contribution in [2.45, 2.75) is 13.0 Å². The molecule has 3 heterocycles. The zero-order valence-electron chi connectivity index (χ0n) is 14.0. The van der Waals surface area contributed by atoms with Gasteiger partial charge in [0.15, 0.2) is 5.82 Å². The van der Waals surface area contributed by atoms with Crippen molar-refractivity contribution in [3.8, 4) is 11.4 Å². The molecule has 3 aromatic heterocycles. The Kier molecular flexibility index (Phi) is 4.10. The second-order valence-corrected chi connectivity index (χ2v) is 5.86. The summed E-state index contributed by atoms with van der Waals surface area (Å²) in [6.07, 6.45) is 5.00. The highest BCUT2D eigenvalue weighted by atomic mass is 16.1. The van der Waals surface area contributed by atoms with Crippen molar-refractivity contribution in [1.29, 1.82) is 0 Å². The molecule has 128 valence electrons. The third kappa shape index (κ3) is 3.02. The molecule has 1 atom stereocenters. The average molecular weight is 344 g/mol. The second kappa shape index (κ2) is 6.72. The molecule has 0 aliphatic heterocycles. The summed E-state index contributed by atoms with van der Waals surface area (Å²) in [4.78, 5) is 25.4. The van der Waals surface area contributed by atoms with Crippen molar-refractivity contribution in [3.05, 3.63) is 72.6 Å². The molecule has 0 bridgehead atoms. The van der Waals surface area contributed by atoms with Gasteiger partial charge in [-0.05, 0) is 30.5 Å². The van der Waals surface area contributed by atoms with Crippen LogP contribution < -0.4 is 5.32 Å². The van der Waals surface area contributed by atoms with Crippen molar-refractivity contribution in [2.75, 3.05) is 0 Å². The lowest BCUT2D eigenvalue weighted by atomic mass is 10.1. The lowest BCUT2D eigenvalue weighted by Gasteiger charge is -2.11. The van der Waals surface area contributed by atoms with Crippen LogP contribution in [-0.4, -0.2) is 31.1 Å². The van der Waals surface area contributed by atoms with Gasteiger partial charge in [-0.25, -0.2) is 4.98 Å². The number of aromatic amines is 1. The van der Waals surface area contributed by atoms with E-state index in [2.05, 4.69) is 30.5 Å². The van der Waals surface area contributed by atoms with Gasteiger partial charge >= 0.3 is 0 Å². The van der Waals surface area contributed by atoms with Crippen LogP contribution in [0.1, 0.15) is 29.3 Å². The highest BCUT2D eigenvalue weighted by Crippen LogP contribution is 2.18. The molecule has 26 heavy (non-hydrogen) atoms. The Labute approximate surface area is 149 Å². The molecule has 7 heteroatoms. The number of fused-ring (bicyclic) bond motifs is 1. The Morgan fingerprint density at radius 3 is 2.73 bits per heavy atom. The van der Waals surface area contributed by atoms with E-state index in [0.717, 1.165) is 16.3 Å². The molecule has 1 aromatic carbocycles. The van der Waals surface area contributed by atoms with E-state index >= 15 is 0 Å². The smallest absolute Gasteiger partial charge is 0.271 e. The first-order valence-electron chi connectivity index (χ1n) is 8.19. The summed E-state index contributed by atoms with van der Waals surface area (Å²) in [5.74, 6) is 0.883.